The van der Waals surface area contributed by atoms with Gasteiger partial charge >= 0.3 is 0 Å². The minimum atomic E-state index is -0.369. The number of fused-ring (bicyclic) bond motifs is 1. The van der Waals surface area contributed by atoms with Crippen LogP contribution in [0.2, 0.25) is 0 Å². The second-order valence-electron chi connectivity index (χ2n) is 5.13. The summed E-state index contributed by atoms with van der Waals surface area (Å²) in [4.78, 5) is 14.7. The maximum Gasteiger partial charge on any atom is 0.278 e. The molecule has 0 spiro atoms. The van der Waals surface area contributed by atoms with Crippen molar-refractivity contribution in [3.63, 3.8) is 0 Å². The average Bonchev–Trinajstić information content (AvgIpc) is 2.46. The van der Waals surface area contributed by atoms with E-state index in [4.69, 9.17) is 0 Å². The van der Waals surface area contributed by atoms with Gasteiger partial charge in [-0.2, -0.15) is 0 Å². The fourth-order valence-corrected chi connectivity index (χ4v) is 2.20. The molecular formula is C15H19N3O2. The molecule has 0 bridgehead atoms. The summed E-state index contributed by atoms with van der Waals surface area (Å²) in [6, 6.07) is 5.43. The number of nitro groups is 1. The molecule has 0 aliphatic carbocycles. The summed E-state index contributed by atoms with van der Waals surface area (Å²) >= 11 is 0. The predicted octanol–water partition coefficient (Wildman–Crippen LogP) is 3.99. The number of nitrogens with one attached hydrogen (secondary N) is 1. The van der Waals surface area contributed by atoms with E-state index < -0.39 is 0 Å². The third kappa shape index (κ3) is 2.71. The van der Waals surface area contributed by atoms with Gasteiger partial charge in [0, 0.05) is 35.6 Å². The van der Waals surface area contributed by atoms with E-state index in [1.54, 1.807) is 18.5 Å². The fraction of sp³-hybridized carbons (Fsp3) is 0.400. The molecule has 1 aromatic carbocycles. The van der Waals surface area contributed by atoms with Crippen LogP contribution in [0.5, 0.6) is 0 Å². The van der Waals surface area contributed by atoms with Gasteiger partial charge in [0.15, 0.2) is 0 Å². The second kappa shape index (κ2) is 5.86. The van der Waals surface area contributed by atoms with Crippen LogP contribution in [0.15, 0.2) is 30.6 Å². The van der Waals surface area contributed by atoms with Crippen molar-refractivity contribution in [1.82, 2.24) is 4.98 Å². The highest BCUT2D eigenvalue weighted by Crippen LogP contribution is 2.31. The zero-order valence-electron chi connectivity index (χ0n) is 12.0. The number of benzene rings is 1. The van der Waals surface area contributed by atoms with Gasteiger partial charge in [-0.05, 0) is 25.0 Å². The van der Waals surface area contributed by atoms with Crippen molar-refractivity contribution in [1.29, 1.82) is 0 Å². The van der Waals surface area contributed by atoms with Crippen LogP contribution in [-0.4, -0.2) is 15.9 Å². The summed E-state index contributed by atoms with van der Waals surface area (Å²) in [5, 5.41) is 15.9. The zero-order valence-corrected chi connectivity index (χ0v) is 12.0. The molecule has 0 radical (unpaired) electrons. The summed E-state index contributed by atoms with van der Waals surface area (Å²) in [6.45, 7) is 6.47. The minimum Gasteiger partial charge on any atom is -0.382 e. The molecule has 1 aromatic heterocycles. The Labute approximate surface area is 118 Å². The minimum absolute atomic E-state index is 0.0924. The fourth-order valence-electron chi connectivity index (χ4n) is 2.20. The lowest BCUT2D eigenvalue weighted by atomic mass is 10.00. The maximum absolute atomic E-state index is 11.1. The SMILES string of the molecule is CCC(C)C(C)Nc1ccc([N+](=O)[O-])c2cnccc12. The van der Waals surface area contributed by atoms with Crippen LogP contribution in [0, 0.1) is 16.0 Å². The average molecular weight is 273 g/mol. The molecule has 0 aliphatic rings. The Hall–Kier alpha value is -2.17. The number of hydrogen-bond donors (Lipinski definition) is 1. The first-order valence-electron chi connectivity index (χ1n) is 6.82. The molecular weight excluding hydrogens is 254 g/mol. The highest BCUT2D eigenvalue weighted by molar-refractivity contribution is 5.99. The van der Waals surface area contributed by atoms with Crippen LogP contribution in [0.1, 0.15) is 27.2 Å². The first-order valence-corrected chi connectivity index (χ1v) is 6.82. The summed E-state index contributed by atoms with van der Waals surface area (Å²) < 4.78 is 0. The van der Waals surface area contributed by atoms with Gasteiger partial charge in [-0.1, -0.05) is 20.3 Å². The summed E-state index contributed by atoms with van der Waals surface area (Å²) in [5.41, 5.74) is 1.01. The maximum atomic E-state index is 11.1. The zero-order chi connectivity index (χ0) is 14.7. The molecule has 2 unspecified atom stereocenters. The van der Waals surface area contributed by atoms with Crippen molar-refractivity contribution in [2.24, 2.45) is 5.92 Å². The Kier molecular flexibility index (Phi) is 4.17. The van der Waals surface area contributed by atoms with Gasteiger partial charge in [0.25, 0.3) is 5.69 Å². The quantitative estimate of drug-likeness (QED) is 0.660. The molecule has 0 aliphatic heterocycles. The van der Waals surface area contributed by atoms with Crippen molar-refractivity contribution in [2.75, 3.05) is 5.32 Å². The van der Waals surface area contributed by atoms with Gasteiger partial charge in [-0.25, -0.2) is 0 Å². The van der Waals surface area contributed by atoms with E-state index in [-0.39, 0.29) is 10.6 Å². The van der Waals surface area contributed by atoms with Gasteiger partial charge in [0.05, 0.1) is 10.3 Å². The normalized spacial score (nSPS) is 13.9. The number of aromatic nitrogens is 1. The van der Waals surface area contributed by atoms with E-state index in [9.17, 15) is 10.1 Å². The molecule has 5 nitrogen and oxygen atoms in total. The Morgan fingerprint density at radius 2 is 2.05 bits per heavy atom. The van der Waals surface area contributed by atoms with Crippen molar-refractivity contribution < 1.29 is 4.92 Å². The van der Waals surface area contributed by atoms with E-state index in [0.29, 0.717) is 17.3 Å². The largest absolute Gasteiger partial charge is 0.382 e. The predicted molar refractivity (Wildman–Crippen MR) is 80.9 cm³/mol. The number of hydrogen-bond acceptors (Lipinski definition) is 4. The van der Waals surface area contributed by atoms with Crippen LogP contribution in [0.25, 0.3) is 10.8 Å². The molecule has 5 heteroatoms. The van der Waals surface area contributed by atoms with Crippen LogP contribution in [0.3, 0.4) is 0 Å². The number of pyridine rings is 1. The molecule has 1 heterocycles. The summed E-state index contributed by atoms with van der Waals surface area (Å²) in [7, 11) is 0. The third-order valence-electron chi connectivity index (χ3n) is 3.87. The molecule has 2 aromatic rings. The van der Waals surface area contributed by atoms with E-state index in [1.807, 2.05) is 6.07 Å². The Morgan fingerprint density at radius 1 is 1.30 bits per heavy atom. The molecule has 0 saturated carbocycles. The molecule has 20 heavy (non-hydrogen) atoms. The van der Waals surface area contributed by atoms with Gasteiger partial charge in [-0.3, -0.25) is 15.1 Å². The molecule has 0 amide bonds. The lowest BCUT2D eigenvalue weighted by molar-refractivity contribution is -0.383. The van der Waals surface area contributed by atoms with Crippen LogP contribution in [0.4, 0.5) is 11.4 Å². The van der Waals surface area contributed by atoms with Crippen molar-refractivity contribution in [2.45, 2.75) is 33.2 Å². The first-order chi connectivity index (χ1) is 9.54. The van der Waals surface area contributed by atoms with Crippen LogP contribution < -0.4 is 5.32 Å². The van der Waals surface area contributed by atoms with Crippen LogP contribution >= 0.6 is 0 Å². The number of non-ortho nitro benzene ring substituents is 1. The molecule has 106 valence electrons. The van der Waals surface area contributed by atoms with Gasteiger partial charge in [0.1, 0.15) is 0 Å². The summed E-state index contributed by atoms with van der Waals surface area (Å²) in [5.74, 6) is 0.530. The number of nitrogens with zero attached hydrogens (tertiary/aromatic N) is 2. The van der Waals surface area contributed by atoms with E-state index in [0.717, 1.165) is 17.5 Å². The van der Waals surface area contributed by atoms with Crippen molar-refractivity contribution in [3.05, 3.63) is 40.7 Å². The molecule has 2 atom stereocenters. The molecule has 0 saturated heterocycles. The Bertz CT molecular complexity index is 628. The molecule has 0 fully saturated rings. The highest BCUT2D eigenvalue weighted by atomic mass is 16.6. The number of nitro benzene ring substituents is 1. The Morgan fingerprint density at radius 3 is 2.70 bits per heavy atom. The van der Waals surface area contributed by atoms with Crippen molar-refractivity contribution in [3.8, 4) is 0 Å². The van der Waals surface area contributed by atoms with E-state index in [1.165, 1.54) is 6.07 Å². The highest BCUT2D eigenvalue weighted by Gasteiger charge is 2.16. The van der Waals surface area contributed by atoms with Crippen molar-refractivity contribution >= 4 is 22.1 Å². The summed E-state index contributed by atoms with van der Waals surface area (Å²) in [6.07, 6.45) is 4.29. The standard InChI is InChI=1S/C15H19N3O2/c1-4-10(2)11(3)17-14-5-6-15(18(19)20)13-9-16-8-7-12(13)14/h5-11,17H,4H2,1-3H3. The lowest BCUT2D eigenvalue weighted by Crippen LogP contribution is -2.23. The molecule has 2 rings (SSSR count). The first kappa shape index (κ1) is 14.2. The smallest absolute Gasteiger partial charge is 0.278 e. The molecule has 1 N–H and O–H groups in total. The van der Waals surface area contributed by atoms with Gasteiger partial charge < -0.3 is 5.32 Å². The number of anilines is 1. The lowest BCUT2D eigenvalue weighted by Gasteiger charge is -2.22. The third-order valence-corrected chi connectivity index (χ3v) is 3.87. The topological polar surface area (TPSA) is 68.1 Å². The number of rotatable bonds is 5. The Balaban J connectivity index is 2.46. The van der Waals surface area contributed by atoms with E-state index >= 15 is 0 Å². The van der Waals surface area contributed by atoms with Gasteiger partial charge in [-0.15, -0.1) is 0 Å². The van der Waals surface area contributed by atoms with E-state index in [2.05, 4.69) is 31.1 Å². The van der Waals surface area contributed by atoms with Crippen LogP contribution in [-0.2, 0) is 0 Å². The monoisotopic (exact) mass is 273 g/mol. The second-order valence-corrected chi connectivity index (χ2v) is 5.13. The van der Waals surface area contributed by atoms with Gasteiger partial charge in [0.2, 0.25) is 0 Å².